The first kappa shape index (κ1) is 9.46. The fraction of sp³-hybridized carbons (Fsp3) is 0.545. The van der Waals surface area contributed by atoms with Gasteiger partial charge in [0.1, 0.15) is 0 Å². The second-order valence-corrected chi connectivity index (χ2v) is 3.95. The van der Waals surface area contributed by atoms with Crippen molar-refractivity contribution in [2.24, 2.45) is 5.73 Å². The molecule has 1 aliphatic carbocycles. The van der Waals surface area contributed by atoms with Gasteiger partial charge in [-0.25, -0.2) is 0 Å². The van der Waals surface area contributed by atoms with Crippen LogP contribution < -0.4 is 11.3 Å². The van der Waals surface area contributed by atoms with Crippen LogP contribution in [-0.2, 0) is 0 Å². The Kier molecular flexibility index (Phi) is 2.68. The Morgan fingerprint density at radius 2 is 2.36 bits per heavy atom. The average molecular weight is 191 g/mol. The minimum absolute atomic E-state index is 0.0339. The highest BCUT2D eigenvalue weighted by Crippen LogP contribution is 2.25. The lowest BCUT2D eigenvalue weighted by molar-refractivity contribution is 0.314. The van der Waals surface area contributed by atoms with Crippen LogP contribution in [0.1, 0.15) is 31.7 Å². The summed E-state index contributed by atoms with van der Waals surface area (Å²) in [5.41, 5.74) is 5.92. The van der Waals surface area contributed by atoms with Gasteiger partial charge in [0.15, 0.2) is 0 Å². The minimum atomic E-state index is 0.0339. The van der Waals surface area contributed by atoms with Gasteiger partial charge in [-0.15, -0.1) is 0 Å². The van der Waals surface area contributed by atoms with Gasteiger partial charge >= 0.3 is 0 Å². The molecule has 0 saturated heterocycles. The van der Waals surface area contributed by atoms with Crippen LogP contribution in [0.3, 0.4) is 0 Å². The van der Waals surface area contributed by atoms with Crippen molar-refractivity contribution in [2.45, 2.75) is 37.8 Å². The van der Waals surface area contributed by atoms with E-state index >= 15 is 0 Å². The Labute approximate surface area is 83.5 Å². The summed E-state index contributed by atoms with van der Waals surface area (Å²) in [5, 5.41) is 0. The molecule has 2 rings (SSSR count). The third kappa shape index (κ3) is 1.87. The van der Waals surface area contributed by atoms with Gasteiger partial charge in [0, 0.05) is 24.3 Å². The molecule has 1 saturated carbocycles. The van der Waals surface area contributed by atoms with Crippen LogP contribution in [0.15, 0.2) is 23.1 Å². The van der Waals surface area contributed by atoms with Crippen LogP contribution in [0.2, 0.25) is 0 Å². The van der Waals surface area contributed by atoms with E-state index in [-0.39, 0.29) is 11.6 Å². The van der Waals surface area contributed by atoms with Gasteiger partial charge in [-0.1, -0.05) is 0 Å². The van der Waals surface area contributed by atoms with Crippen LogP contribution in [0.4, 0.5) is 0 Å². The molecule has 3 nitrogen and oxygen atoms in total. The predicted octanol–water partition coefficient (Wildman–Crippen LogP) is 1.09. The van der Waals surface area contributed by atoms with Gasteiger partial charge in [0.05, 0.1) is 0 Å². The fourth-order valence-corrected chi connectivity index (χ4v) is 2.15. The lowest BCUT2D eigenvalue weighted by Gasteiger charge is -2.27. The third-order valence-electron chi connectivity index (χ3n) is 2.87. The summed E-state index contributed by atoms with van der Waals surface area (Å²) >= 11 is 0. The largest absolute Gasteiger partial charge is 0.328 e. The number of nitrogens with zero attached hydrogens (tertiary/aromatic N) is 1. The first-order valence-corrected chi connectivity index (χ1v) is 5.11. The molecule has 1 aromatic heterocycles. The number of aromatic nitrogens is 1. The van der Waals surface area contributed by atoms with Gasteiger partial charge in [0.2, 0.25) is 0 Å². The maximum absolute atomic E-state index is 11.5. The van der Waals surface area contributed by atoms with Crippen molar-refractivity contribution in [1.29, 1.82) is 0 Å². The van der Waals surface area contributed by atoms with E-state index in [0.29, 0.717) is 6.04 Å². The summed E-state index contributed by atoms with van der Waals surface area (Å²) in [6.45, 7) is 0. The highest BCUT2D eigenvalue weighted by molar-refractivity contribution is 4.94. The fourth-order valence-electron chi connectivity index (χ4n) is 2.15. The molecular weight excluding hydrogens is 176 g/mol. The number of pyridine rings is 1. The predicted molar refractivity (Wildman–Crippen MR) is 55.0 cm³/mol. The van der Waals surface area contributed by atoms with Crippen molar-refractivity contribution in [3.05, 3.63) is 34.7 Å². The van der Waals surface area contributed by atoms with Gasteiger partial charge in [-0.05, 0) is 37.8 Å². The molecule has 1 radical (unpaired) electrons. The Morgan fingerprint density at radius 3 is 3.07 bits per heavy atom. The molecular formula is C11H15N2O. The van der Waals surface area contributed by atoms with Crippen LogP contribution in [0.5, 0.6) is 0 Å². The lowest BCUT2D eigenvalue weighted by Crippen LogP contribution is -2.33. The van der Waals surface area contributed by atoms with Crippen molar-refractivity contribution in [3.8, 4) is 0 Å². The van der Waals surface area contributed by atoms with Crippen molar-refractivity contribution in [3.63, 3.8) is 0 Å². The third-order valence-corrected chi connectivity index (χ3v) is 2.87. The molecule has 3 heteroatoms. The Balaban J connectivity index is 2.22. The molecule has 0 aromatic carbocycles. The van der Waals surface area contributed by atoms with E-state index < -0.39 is 0 Å². The molecule has 2 atom stereocenters. The van der Waals surface area contributed by atoms with Crippen molar-refractivity contribution < 1.29 is 0 Å². The zero-order chi connectivity index (χ0) is 9.97. The molecule has 1 aliphatic rings. The van der Waals surface area contributed by atoms with E-state index in [1.54, 1.807) is 10.6 Å². The van der Waals surface area contributed by atoms with Crippen LogP contribution >= 0.6 is 0 Å². The Morgan fingerprint density at radius 1 is 1.50 bits per heavy atom. The first-order valence-electron chi connectivity index (χ1n) is 5.11. The van der Waals surface area contributed by atoms with E-state index in [4.69, 9.17) is 5.73 Å². The molecule has 1 unspecified atom stereocenters. The summed E-state index contributed by atoms with van der Waals surface area (Å²) in [6, 6.07) is 6.60. The van der Waals surface area contributed by atoms with Gasteiger partial charge in [-0.3, -0.25) is 4.79 Å². The number of nitrogens with two attached hydrogens (primary N) is 1. The molecule has 0 bridgehead atoms. The van der Waals surface area contributed by atoms with E-state index in [0.717, 1.165) is 25.7 Å². The molecule has 1 heterocycles. The zero-order valence-corrected chi connectivity index (χ0v) is 8.15. The maximum atomic E-state index is 11.5. The highest BCUT2D eigenvalue weighted by atomic mass is 16.1. The van der Waals surface area contributed by atoms with Crippen molar-refractivity contribution >= 4 is 0 Å². The number of hydrogen-bond donors (Lipinski definition) is 1. The molecule has 2 N–H and O–H groups in total. The van der Waals surface area contributed by atoms with Gasteiger partial charge in [0.25, 0.3) is 5.56 Å². The summed E-state index contributed by atoms with van der Waals surface area (Å²) in [7, 11) is 0. The zero-order valence-electron chi connectivity index (χ0n) is 8.15. The Hall–Kier alpha value is -1.09. The first-order chi connectivity index (χ1) is 6.77. The molecule has 0 spiro atoms. The lowest BCUT2D eigenvalue weighted by atomic mass is 9.91. The molecule has 0 aliphatic heterocycles. The number of rotatable bonds is 1. The topological polar surface area (TPSA) is 48.0 Å². The molecule has 1 fully saturated rings. The SMILES string of the molecule is N[C@@H]1CCCC(n2cc[c]cc2=O)C1. The monoisotopic (exact) mass is 191 g/mol. The van der Waals surface area contributed by atoms with Gasteiger partial charge in [-0.2, -0.15) is 0 Å². The standard InChI is InChI=1S/C11H15N2O/c12-9-4-3-5-10(8-9)13-7-2-1-6-11(13)14/h2,6-7,9-10H,3-5,8,12H2/t9-,10?/m1/s1. The molecule has 0 amide bonds. The molecule has 75 valence electrons. The summed E-state index contributed by atoms with van der Waals surface area (Å²) < 4.78 is 1.79. The quantitative estimate of drug-likeness (QED) is 0.722. The highest BCUT2D eigenvalue weighted by Gasteiger charge is 2.20. The van der Waals surface area contributed by atoms with Crippen molar-refractivity contribution in [1.82, 2.24) is 4.57 Å². The summed E-state index contributed by atoms with van der Waals surface area (Å²) in [4.78, 5) is 11.5. The van der Waals surface area contributed by atoms with Crippen molar-refractivity contribution in [2.75, 3.05) is 0 Å². The molecule has 14 heavy (non-hydrogen) atoms. The number of hydrogen-bond acceptors (Lipinski definition) is 2. The van der Waals surface area contributed by atoms with E-state index in [9.17, 15) is 4.79 Å². The minimum Gasteiger partial charge on any atom is -0.328 e. The average Bonchev–Trinajstić information content (AvgIpc) is 2.18. The normalized spacial score (nSPS) is 27.5. The second kappa shape index (κ2) is 3.96. The summed E-state index contributed by atoms with van der Waals surface area (Å²) in [6.07, 6.45) is 6.01. The maximum Gasteiger partial charge on any atom is 0.251 e. The van der Waals surface area contributed by atoms with Crippen LogP contribution in [-0.4, -0.2) is 10.6 Å². The van der Waals surface area contributed by atoms with E-state index in [1.165, 1.54) is 6.07 Å². The molecule has 1 aromatic rings. The van der Waals surface area contributed by atoms with Crippen LogP contribution in [0, 0.1) is 6.07 Å². The smallest absolute Gasteiger partial charge is 0.251 e. The van der Waals surface area contributed by atoms with Gasteiger partial charge < -0.3 is 10.3 Å². The van der Waals surface area contributed by atoms with E-state index in [1.807, 2.05) is 6.20 Å². The Bertz CT molecular complexity index is 358. The van der Waals surface area contributed by atoms with E-state index in [2.05, 4.69) is 6.07 Å². The second-order valence-electron chi connectivity index (χ2n) is 3.95. The van der Waals surface area contributed by atoms with Crippen LogP contribution in [0.25, 0.3) is 0 Å². The summed E-state index contributed by atoms with van der Waals surface area (Å²) in [5.74, 6) is 0.